The van der Waals surface area contributed by atoms with Crippen molar-refractivity contribution >= 4 is 0 Å². The number of nitrogens with two attached hydrogens (primary N) is 1. The van der Waals surface area contributed by atoms with E-state index in [0.29, 0.717) is 5.92 Å². The van der Waals surface area contributed by atoms with Crippen LogP contribution in [0.4, 0.5) is 0 Å². The van der Waals surface area contributed by atoms with Gasteiger partial charge < -0.3 is 10.5 Å². The van der Waals surface area contributed by atoms with Crippen LogP contribution in [0.2, 0.25) is 0 Å². The fraction of sp³-hybridized carbons (Fsp3) is 0.538. The minimum absolute atomic E-state index is 0.122. The number of rotatable bonds is 4. The van der Waals surface area contributed by atoms with Crippen molar-refractivity contribution in [2.75, 3.05) is 7.11 Å². The van der Waals surface area contributed by atoms with Crippen LogP contribution in [0.15, 0.2) is 24.3 Å². The van der Waals surface area contributed by atoms with Gasteiger partial charge in [-0.25, -0.2) is 0 Å². The molecule has 2 nitrogen and oxygen atoms in total. The molecule has 0 spiro atoms. The normalized spacial score (nSPS) is 28.9. The third kappa shape index (κ3) is 1.74. The second kappa shape index (κ2) is 3.86. The number of methoxy groups -OCH3 is 1. The monoisotopic (exact) mass is 205 g/mol. The van der Waals surface area contributed by atoms with Crippen LogP contribution in [-0.2, 0) is 5.54 Å². The lowest BCUT2D eigenvalue weighted by atomic mass is 10.0. The molecular weight excluding hydrogens is 186 g/mol. The number of hydrogen-bond acceptors (Lipinski definition) is 2. The summed E-state index contributed by atoms with van der Waals surface area (Å²) >= 11 is 0. The van der Waals surface area contributed by atoms with Gasteiger partial charge in [0, 0.05) is 11.1 Å². The van der Waals surface area contributed by atoms with Gasteiger partial charge in [-0.1, -0.05) is 31.5 Å². The molecule has 0 saturated heterocycles. The highest BCUT2D eigenvalue weighted by Gasteiger charge is 2.52. The molecule has 1 fully saturated rings. The van der Waals surface area contributed by atoms with E-state index in [2.05, 4.69) is 13.0 Å². The first kappa shape index (κ1) is 10.5. The van der Waals surface area contributed by atoms with Gasteiger partial charge in [0.2, 0.25) is 0 Å². The molecule has 2 atom stereocenters. The highest BCUT2D eigenvalue weighted by Crippen LogP contribution is 2.54. The summed E-state index contributed by atoms with van der Waals surface area (Å²) in [6, 6.07) is 8.11. The van der Waals surface area contributed by atoms with E-state index >= 15 is 0 Å². The van der Waals surface area contributed by atoms with Gasteiger partial charge in [0.15, 0.2) is 0 Å². The Morgan fingerprint density at radius 1 is 1.47 bits per heavy atom. The zero-order valence-electron chi connectivity index (χ0n) is 9.49. The lowest BCUT2D eigenvalue weighted by molar-refractivity contribution is 0.401. The summed E-state index contributed by atoms with van der Waals surface area (Å²) in [7, 11) is 1.71. The van der Waals surface area contributed by atoms with Crippen LogP contribution >= 0.6 is 0 Å². The minimum Gasteiger partial charge on any atom is -0.496 e. The average molecular weight is 205 g/mol. The topological polar surface area (TPSA) is 35.2 Å². The average Bonchev–Trinajstić information content (AvgIpc) is 2.91. The van der Waals surface area contributed by atoms with Gasteiger partial charge in [-0.15, -0.1) is 0 Å². The van der Waals surface area contributed by atoms with E-state index in [1.54, 1.807) is 7.11 Å². The quantitative estimate of drug-likeness (QED) is 0.820. The summed E-state index contributed by atoms with van der Waals surface area (Å²) in [6.45, 7) is 2.21. The smallest absolute Gasteiger partial charge is 0.123 e. The maximum absolute atomic E-state index is 6.39. The van der Waals surface area contributed by atoms with E-state index in [1.165, 1.54) is 18.4 Å². The second-order valence-corrected chi connectivity index (χ2v) is 4.43. The van der Waals surface area contributed by atoms with E-state index < -0.39 is 0 Å². The van der Waals surface area contributed by atoms with Gasteiger partial charge in [-0.3, -0.25) is 0 Å². The molecule has 0 radical (unpaired) electrons. The fourth-order valence-electron chi connectivity index (χ4n) is 2.42. The summed E-state index contributed by atoms with van der Waals surface area (Å²) in [5, 5.41) is 0. The molecular formula is C13H19NO. The van der Waals surface area contributed by atoms with Crippen molar-refractivity contribution in [3.05, 3.63) is 29.8 Å². The molecule has 82 valence electrons. The Morgan fingerprint density at radius 2 is 2.20 bits per heavy atom. The standard InChI is InChI=1S/C13H19NO/c1-3-6-10-9-13(10,14)11-7-4-5-8-12(11)15-2/h4-5,7-8,10H,3,6,9,14H2,1-2H3. The third-order valence-electron chi connectivity index (χ3n) is 3.40. The Bertz CT molecular complexity index is 350. The Morgan fingerprint density at radius 3 is 2.87 bits per heavy atom. The van der Waals surface area contributed by atoms with E-state index in [1.807, 2.05) is 18.2 Å². The number of para-hydroxylation sites is 1. The SMILES string of the molecule is CCCC1CC1(N)c1ccccc1OC. The predicted molar refractivity (Wildman–Crippen MR) is 61.9 cm³/mol. The van der Waals surface area contributed by atoms with E-state index in [-0.39, 0.29) is 5.54 Å². The number of hydrogen-bond donors (Lipinski definition) is 1. The van der Waals surface area contributed by atoms with Gasteiger partial charge in [0.1, 0.15) is 5.75 Å². The molecule has 0 heterocycles. The first-order chi connectivity index (χ1) is 7.22. The van der Waals surface area contributed by atoms with Gasteiger partial charge in [0.05, 0.1) is 7.11 Å². The lowest BCUT2D eigenvalue weighted by Crippen LogP contribution is -2.22. The van der Waals surface area contributed by atoms with Crippen LogP contribution in [0.5, 0.6) is 5.75 Å². The molecule has 1 aromatic rings. The first-order valence-electron chi connectivity index (χ1n) is 5.64. The molecule has 15 heavy (non-hydrogen) atoms. The van der Waals surface area contributed by atoms with Crippen molar-refractivity contribution in [2.45, 2.75) is 31.7 Å². The van der Waals surface area contributed by atoms with Gasteiger partial charge >= 0.3 is 0 Å². The van der Waals surface area contributed by atoms with Crippen molar-refractivity contribution in [2.24, 2.45) is 11.7 Å². The molecule has 0 aliphatic heterocycles. The number of ether oxygens (including phenoxy) is 1. The Kier molecular flexibility index (Phi) is 2.70. The van der Waals surface area contributed by atoms with Crippen LogP contribution in [0.1, 0.15) is 31.7 Å². The largest absolute Gasteiger partial charge is 0.496 e. The molecule has 1 saturated carbocycles. The molecule has 1 aliphatic carbocycles. The zero-order chi connectivity index (χ0) is 10.9. The van der Waals surface area contributed by atoms with Crippen LogP contribution in [-0.4, -0.2) is 7.11 Å². The molecule has 2 heteroatoms. The van der Waals surface area contributed by atoms with Crippen molar-refractivity contribution in [1.29, 1.82) is 0 Å². The van der Waals surface area contributed by atoms with Crippen LogP contribution in [0.3, 0.4) is 0 Å². The molecule has 0 bridgehead atoms. The fourth-order valence-corrected chi connectivity index (χ4v) is 2.42. The minimum atomic E-state index is -0.122. The summed E-state index contributed by atoms with van der Waals surface area (Å²) in [5.74, 6) is 1.57. The van der Waals surface area contributed by atoms with Crippen LogP contribution < -0.4 is 10.5 Å². The maximum atomic E-state index is 6.39. The van der Waals surface area contributed by atoms with Gasteiger partial charge in [-0.05, 0) is 24.8 Å². The third-order valence-corrected chi connectivity index (χ3v) is 3.40. The molecule has 0 aromatic heterocycles. The van der Waals surface area contributed by atoms with Crippen molar-refractivity contribution in [1.82, 2.24) is 0 Å². The molecule has 2 unspecified atom stereocenters. The van der Waals surface area contributed by atoms with Crippen molar-refractivity contribution < 1.29 is 4.74 Å². The highest BCUT2D eigenvalue weighted by molar-refractivity contribution is 5.43. The molecule has 1 aliphatic rings. The summed E-state index contributed by atoms with van der Waals surface area (Å²) in [5.41, 5.74) is 7.44. The zero-order valence-corrected chi connectivity index (χ0v) is 9.49. The van der Waals surface area contributed by atoms with Gasteiger partial charge in [0.25, 0.3) is 0 Å². The summed E-state index contributed by atoms with van der Waals surface area (Å²) in [6.07, 6.45) is 3.52. The molecule has 2 rings (SSSR count). The Balaban J connectivity index is 2.23. The second-order valence-electron chi connectivity index (χ2n) is 4.43. The first-order valence-corrected chi connectivity index (χ1v) is 5.64. The highest BCUT2D eigenvalue weighted by atomic mass is 16.5. The molecule has 0 amide bonds. The molecule has 2 N–H and O–H groups in total. The predicted octanol–water partition coefficient (Wildman–Crippen LogP) is 2.67. The Hall–Kier alpha value is -1.02. The van der Waals surface area contributed by atoms with Crippen LogP contribution in [0.25, 0.3) is 0 Å². The summed E-state index contributed by atoms with van der Waals surface area (Å²) in [4.78, 5) is 0. The molecule has 1 aromatic carbocycles. The number of benzene rings is 1. The van der Waals surface area contributed by atoms with E-state index in [0.717, 1.165) is 12.2 Å². The Labute approximate surface area is 91.4 Å². The maximum Gasteiger partial charge on any atom is 0.123 e. The van der Waals surface area contributed by atoms with E-state index in [4.69, 9.17) is 10.5 Å². The van der Waals surface area contributed by atoms with Crippen LogP contribution in [0, 0.1) is 5.92 Å². The van der Waals surface area contributed by atoms with Crippen molar-refractivity contribution in [3.8, 4) is 5.75 Å². The van der Waals surface area contributed by atoms with Gasteiger partial charge in [-0.2, -0.15) is 0 Å². The summed E-state index contributed by atoms with van der Waals surface area (Å²) < 4.78 is 5.36. The lowest BCUT2D eigenvalue weighted by Gasteiger charge is -2.15. The van der Waals surface area contributed by atoms with E-state index in [9.17, 15) is 0 Å². The van der Waals surface area contributed by atoms with Crippen molar-refractivity contribution in [3.63, 3.8) is 0 Å².